The molecule has 0 atom stereocenters. The fraction of sp³-hybridized carbons (Fsp3) is 0.381. The van der Waals surface area contributed by atoms with Gasteiger partial charge in [-0.25, -0.2) is 4.79 Å². The van der Waals surface area contributed by atoms with Gasteiger partial charge in [0.1, 0.15) is 11.4 Å². The van der Waals surface area contributed by atoms with E-state index in [1.165, 1.54) is 27.8 Å². The van der Waals surface area contributed by atoms with Gasteiger partial charge in [-0.3, -0.25) is 24.0 Å². The van der Waals surface area contributed by atoms with Gasteiger partial charge in [0.2, 0.25) is 0 Å². The van der Waals surface area contributed by atoms with Crippen molar-refractivity contribution in [2.45, 2.75) is 27.7 Å². The number of imide groups is 1. The van der Waals surface area contributed by atoms with E-state index in [1.54, 1.807) is 20.9 Å². The Kier molecular flexibility index (Phi) is 5.73. The molecule has 9 nitrogen and oxygen atoms in total. The van der Waals surface area contributed by atoms with E-state index in [2.05, 4.69) is 10.4 Å². The van der Waals surface area contributed by atoms with Crippen LogP contribution in [0, 0.1) is 12.8 Å². The van der Waals surface area contributed by atoms with E-state index in [0.29, 0.717) is 12.2 Å². The standard InChI is InChI=1S/C21H24N4O5/c1-6-30-21(29)16-12(4)23-24(5)17(16)22-18(26)13-7-8-14-15(9-13)20(28)25(19(14)27)10-11(2)3/h7-9,11H,6,10H2,1-5H3,(H,22,26). The van der Waals surface area contributed by atoms with E-state index < -0.39 is 17.8 Å². The van der Waals surface area contributed by atoms with E-state index in [0.717, 1.165) is 0 Å². The second kappa shape index (κ2) is 8.10. The Morgan fingerprint density at radius 1 is 1.17 bits per heavy atom. The zero-order chi connectivity index (χ0) is 22.2. The minimum Gasteiger partial charge on any atom is -0.462 e. The molecule has 0 saturated heterocycles. The van der Waals surface area contributed by atoms with Gasteiger partial charge in [-0.2, -0.15) is 5.10 Å². The average Bonchev–Trinajstić information content (AvgIpc) is 3.09. The fourth-order valence-corrected chi connectivity index (χ4v) is 3.39. The van der Waals surface area contributed by atoms with Crippen molar-refractivity contribution in [3.63, 3.8) is 0 Å². The van der Waals surface area contributed by atoms with Crippen LogP contribution in [0.25, 0.3) is 0 Å². The predicted octanol–water partition coefficient (Wildman–Crippen LogP) is 2.41. The second-order valence-electron chi connectivity index (χ2n) is 7.48. The summed E-state index contributed by atoms with van der Waals surface area (Å²) in [5.74, 6) is -1.57. The Morgan fingerprint density at radius 3 is 2.47 bits per heavy atom. The van der Waals surface area contributed by atoms with Crippen LogP contribution in [0.1, 0.15) is 67.9 Å². The quantitative estimate of drug-likeness (QED) is 0.576. The van der Waals surface area contributed by atoms with Crippen LogP contribution in [0.3, 0.4) is 0 Å². The first kappa shape index (κ1) is 21.2. The number of hydrogen-bond acceptors (Lipinski definition) is 6. The van der Waals surface area contributed by atoms with Crippen LogP contribution in [0.2, 0.25) is 0 Å². The maximum absolute atomic E-state index is 12.8. The number of aromatic nitrogens is 2. The summed E-state index contributed by atoms with van der Waals surface area (Å²) in [5.41, 5.74) is 1.25. The van der Waals surface area contributed by atoms with E-state index in [1.807, 2.05) is 13.8 Å². The number of carbonyl (C=O) groups excluding carboxylic acids is 4. The number of aryl methyl sites for hydroxylation is 2. The monoisotopic (exact) mass is 412 g/mol. The molecule has 158 valence electrons. The average molecular weight is 412 g/mol. The van der Waals surface area contributed by atoms with Crippen molar-refractivity contribution in [2.75, 3.05) is 18.5 Å². The third kappa shape index (κ3) is 3.70. The van der Waals surface area contributed by atoms with E-state index in [9.17, 15) is 19.2 Å². The highest BCUT2D eigenvalue weighted by Crippen LogP contribution is 2.26. The lowest BCUT2D eigenvalue weighted by atomic mass is 10.1. The van der Waals surface area contributed by atoms with Crippen LogP contribution in [0.4, 0.5) is 5.82 Å². The topological polar surface area (TPSA) is 111 Å². The number of nitrogens with zero attached hydrogens (tertiary/aromatic N) is 3. The molecule has 0 aliphatic carbocycles. The van der Waals surface area contributed by atoms with Crippen molar-refractivity contribution in [3.8, 4) is 0 Å². The summed E-state index contributed by atoms with van der Waals surface area (Å²) < 4.78 is 6.43. The molecule has 0 saturated carbocycles. The first-order valence-electron chi connectivity index (χ1n) is 9.68. The van der Waals surface area contributed by atoms with E-state index in [4.69, 9.17) is 4.74 Å². The van der Waals surface area contributed by atoms with Crippen LogP contribution < -0.4 is 5.32 Å². The van der Waals surface area contributed by atoms with Gasteiger partial charge in [-0.15, -0.1) is 0 Å². The first-order chi connectivity index (χ1) is 14.1. The zero-order valence-electron chi connectivity index (χ0n) is 17.6. The Morgan fingerprint density at radius 2 is 1.83 bits per heavy atom. The van der Waals surface area contributed by atoms with Gasteiger partial charge >= 0.3 is 5.97 Å². The van der Waals surface area contributed by atoms with E-state index in [-0.39, 0.29) is 46.5 Å². The third-order valence-electron chi connectivity index (χ3n) is 4.71. The smallest absolute Gasteiger partial charge is 0.343 e. The number of hydrogen-bond donors (Lipinski definition) is 1. The van der Waals surface area contributed by atoms with Gasteiger partial charge < -0.3 is 10.1 Å². The number of esters is 1. The lowest BCUT2D eigenvalue weighted by molar-refractivity contribution is 0.0525. The van der Waals surface area contributed by atoms with Crippen LogP contribution in [-0.2, 0) is 11.8 Å². The summed E-state index contributed by atoms with van der Waals surface area (Å²) in [6, 6.07) is 4.36. The van der Waals surface area contributed by atoms with Gasteiger partial charge in [0.05, 0.1) is 23.4 Å². The zero-order valence-corrected chi connectivity index (χ0v) is 17.6. The first-order valence-corrected chi connectivity index (χ1v) is 9.68. The van der Waals surface area contributed by atoms with Crippen molar-refractivity contribution in [1.82, 2.24) is 14.7 Å². The van der Waals surface area contributed by atoms with Gasteiger partial charge in [0.15, 0.2) is 0 Å². The number of amides is 3. The van der Waals surface area contributed by atoms with Crippen molar-refractivity contribution < 1.29 is 23.9 Å². The van der Waals surface area contributed by atoms with Crippen molar-refractivity contribution >= 4 is 29.5 Å². The summed E-state index contributed by atoms with van der Waals surface area (Å²) in [7, 11) is 1.60. The molecule has 2 heterocycles. The van der Waals surface area contributed by atoms with Crippen LogP contribution in [0.5, 0.6) is 0 Å². The molecule has 0 unspecified atom stereocenters. The molecule has 0 fully saturated rings. The highest BCUT2D eigenvalue weighted by Gasteiger charge is 2.36. The minimum atomic E-state index is -0.586. The van der Waals surface area contributed by atoms with Gasteiger partial charge in [-0.05, 0) is 38.0 Å². The molecule has 1 aromatic carbocycles. The van der Waals surface area contributed by atoms with Gasteiger partial charge in [0.25, 0.3) is 17.7 Å². The highest BCUT2D eigenvalue weighted by molar-refractivity contribution is 6.22. The number of fused-ring (bicyclic) bond motifs is 1. The summed E-state index contributed by atoms with van der Waals surface area (Å²) in [6.07, 6.45) is 0. The molecule has 1 aromatic heterocycles. The van der Waals surface area contributed by atoms with Gasteiger partial charge in [-0.1, -0.05) is 13.8 Å². The number of benzene rings is 1. The molecule has 9 heteroatoms. The summed E-state index contributed by atoms with van der Waals surface area (Å²) in [4.78, 5) is 51.4. The molecule has 30 heavy (non-hydrogen) atoms. The summed E-state index contributed by atoms with van der Waals surface area (Å²) in [6.45, 7) is 7.66. The van der Waals surface area contributed by atoms with Crippen LogP contribution in [-0.4, -0.2) is 51.5 Å². The van der Waals surface area contributed by atoms with Crippen molar-refractivity contribution in [3.05, 3.63) is 46.1 Å². The Balaban J connectivity index is 1.90. The number of ether oxygens (including phenoxy) is 1. The second-order valence-corrected chi connectivity index (χ2v) is 7.48. The van der Waals surface area contributed by atoms with Crippen LogP contribution in [0.15, 0.2) is 18.2 Å². The van der Waals surface area contributed by atoms with Crippen LogP contribution >= 0.6 is 0 Å². The SMILES string of the molecule is CCOC(=O)c1c(C)nn(C)c1NC(=O)c1ccc2c(c1)C(=O)N(CC(C)C)C2=O. The molecule has 3 rings (SSSR count). The summed E-state index contributed by atoms with van der Waals surface area (Å²) >= 11 is 0. The predicted molar refractivity (Wildman–Crippen MR) is 109 cm³/mol. The minimum absolute atomic E-state index is 0.129. The molecule has 0 spiro atoms. The Bertz CT molecular complexity index is 1050. The maximum Gasteiger partial charge on any atom is 0.343 e. The molecule has 1 aliphatic rings. The number of anilines is 1. The lowest BCUT2D eigenvalue weighted by Gasteiger charge is -2.15. The maximum atomic E-state index is 12.8. The molecule has 0 bridgehead atoms. The number of rotatable bonds is 6. The number of carbonyl (C=O) groups is 4. The number of nitrogens with one attached hydrogen (secondary N) is 1. The van der Waals surface area contributed by atoms with E-state index >= 15 is 0 Å². The lowest BCUT2D eigenvalue weighted by Crippen LogP contribution is -2.33. The van der Waals surface area contributed by atoms with Crippen molar-refractivity contribution in [2.24, 2.45) is 13.0 Å². The molecule has 1 N–H and O–H groups in total. The molecule has 1 aliphatic heterocycles. The molecule has 3 amide bonds. The van der Waals surface area contributed by atoms with Gasteiger partial charge in [0, 0.05) is 19.2 Å². The molecule has 0 radical (unpaired) electrons. The Hall–Kier alpha value is -3.49. The summed E-state index contributed by atoms with van der Waals surface area (Å²) in [5, 5.41) is 6.84. The highest BCUT2D eigenvalue weighted by atomic mass is 16.5. The Labute approximate surface area is 174 Å². The van der Waals surface area contributed by atoms with Crippen molar-refractivity contribution in [1.29, 1.82) is 0 Å². The fourth-order valence-electron chi connectivity index (χ4n) is 3.39. The largest absolute Gasteiger partial charge is 0.462 e. The molecule has 2 aromatic rings. The normalized spacial score (nSPS) is 13.1. The molecular weight excluding hydrogens is 388 g/mol. The third-order valence-corrected chi connectivity index (χ3v) is 4.71. The molecular formula is C21H24N4O5.